The summed E-state index contributed by atoms with van der Waals surface area (Å²) in [6.07, 6.45) is 0.0659. The van der Waals surface area contributed by atoms with Gasteiger partial charge in [0.25, 0.3) is 0 Å². The number of carboxylic acids is 2. The maximum Gasteiger partial charge on any atom is 0.333 e. The number of rotatable bonds is 14. The van der Waals surface area contributed by atoms with E-state index in [1.807, 2.05) is 0 Å². The third-order valence-electron chi connectivity index (χ3n) is 2.77. The zero-order valence-electron chi connectivity index (χ0n) is 17.1. The maximum atomic E-state index is 10.9. The Hall–Kier alpha value is -3.70. The summed E-state index contributed by atoms with van der Waals surface area (Å²) in [5.41, 5.74) is 0.261. The first-order valence-corrected chi connectivity index (χ1v) is 8.86. The van der Waals surface area contributed by atoms with E-state index in [2.05, 4.69) is 32.1 Å². The van der Waals surface area contributed by atoms with E-state index in [4.69, 9.17) is 10.2 Å². The first-order chi connectivity index (χ1) is 14.5. The topological polar surface area (TPSA) is 180 Å². The van der Waals surface area contributed by atoms with Crippen LogP contribution in [-0.2, 0) is 47.7 Å². The van der Waals surface area contributed by atoms with Crippen LogP contribution >= 0.6 is 0 Å². The Labute approximate surface area is 178 Å². The fourth-order valence-electron chi connectivity index (χ4n) is 1.33. The summed E-state index contributed by atoms with van der Waals surface area (Å²) in [7, 11) is 0. The van der Waals surface area contributed by atoms with Crippen molar-refractivity contribution < 1.29 is 57.9 Å². The molecule has 0 spiro atoms. The van der Waals surface area contributed by atoms with Crippen molar-refractivity contribution in [3.63, 3.8) is 0 Å². The minimum absolute atomic E-state index is 0.0650. The van der Waals surface area contributed by atoms with Gasteiger partial charge in [0.15, 0.2) is 0 Å². The standard InChI is InChI=1S/C10H14O6.C9H12O6/c1-7(2)10(14)16-6-5-15-9(13)4-3-8(11)12;1-2-8(12)14-5-6-15-9(13)4-3-7(10)11/h1,3-6H2,2H3,(H,11,12);2H,1,3-6H2,(H,10,11). The molecular weight excluding hydrogens is 420 g/mol. The SMILES string of the molecule is C=C(C)C(=O)OCCOC(=O)CCC(=O)O.C=CC(=O)OCCOC(=O)CCC(=O)O. The number of ether oxygens (including phenoxy) is 4. The lowest BCUT2D eigenvalue weighted by Gasteiger charge is -2.05. The molecule has 12 nitrogen and oxygen atoms in total. The molecule has 0 aromatic carbocycles. The van der Waals surface area contributed by atoms with Crippen LogP contribution in [0.15, 0.2) is 24.8 Å². The summed E-state index contributed by atoms with van der Waals surface area (Å²) in [4.78, 5) is 63.3. The van der Waals surface area contributed by atoms with E-state index in [0.717, 1.165) is 6.08 Å². The molecule has 12 heteroatoms. The summed E-state index contributed by atoms with van der Waals surface area (Å²) >= 11 is 0. The van der Waals surface area contributed by atoms with Gasteiger partial charge in [-0.15, -0.1) is 0 Å². The van der Waals surface area contributed by atoms with Crippen LogP contribution in [0.3, 0.4) is 0 Å². The minimum atomic E-state index is -1.06. The van der Waals surface area contributed by atoms with Gasteiger partial charge < -0.3 is 29.2 Å². The average molecular weight is 446 g/mol. The fraction of sp³-hybridized carbons (Fsp3) is 0.474. The molecule has 0 aromatic heterocycles. The third kappa shape index (κ3) is 22.5. The molecule has 0 atom stereocenters. The highest BCUT2D eigenvalue weighted by atomic mass is 16.6. The summed E-state index contributed by atoms with van der Waals surface area (Å²) in [5.74, 6) is -4.55. The Kier molecular flexibility index (Phi) is 17.4. The van der Waals surface area contributed by atoms with E-state index in [1.54, 1.807) is 0 Å². The normalized spacial score (nSPS) is 9.19. The van der Waals surface area contributed by atoms with Crippen LogP contribution < -0.4 is 0 Å². The highest BCUT2D eigenvalue weighted by Gasteiger charge is 2.08. The molecule has 0 aromatic rings. The minimum Gasteiger partial charge on any atom is -0.481 e. The number of hydrogen-bond donors (Lipinski definition) is 2. The largest absolute Gasteiger partial charge is 0.481 e. The van der Waals surface area contributed by atoms with Gasteiger partial charge in [0, 0.05) is 11.6 Å². The molecule has 0 rings (SSSR count). The molecule has 0 unspecified atom stereocenters. The predicted octanol–water partition coefficient (Wildman–Crippen LogP) is 0.637. The van der Waals surface area contributed by atoms with E-state index < -0.39 is 35.8 Å². The molecule has 2 N–H and O–H groups in total. The molecule has 0 radical (unpaired) electrons. The van der Waals surface area contributed by atoms with Crippen molar-refractivity contribution in [1.29, 1.82) is 0 Å². The van der Waals surface area contributed by atoms with Crippen LogP contribution in [-0.4, -0.2) is 72.5 Å². The maximum absolute atomic E-state index is 10.9. The second kappa shape index (κ2) is 18.3. The molecule has 0 aliphatic rings. The molecule has 174 valence electrons. The van der Waals surface area contributed by atoms with Gasteiger partial charge in [0.05, 0.1) is 25.7 Å². The smallest absolute Gasteiger partial charge is 0.333 e. The highest BCUT2D eigenvalue weighted by molar-refractivity contribution is 5.86. The van der Waals surface area contributed by atoms with Crippen molar-refractivity contribution in [2.24, 2.45) is 0 Å². The monoisotopic (exact) mass is 446 g/mol. The quantitative estimate of drug-likeness (QED) is 0.165. The van der Waals surface area contributed by atoms with Gasteiger partial charge in [0.2, 0.25) is 0 Å². The Morgan fingerprint density at radius 1 is 0.710 bits per heavy atom. The molecular formula is C19H26O12. The Morgan fingerprint density at radius 3 is 1.45 bits per heavy atom. The van der Waals surface area contributed by atoms with Gasteiger partial charge in [-0.2, -0.15) is 0 Å². The van der Waals surface area contributed by atoms with Crippen LogP contribution in [0.1, 0.15) is 32.6 Å². The average Bonchev–Trinajstić information content (AvgIpc) is 2.71. The summed E-state index contributed by atoms with van der Waals surface area (Å²) in [6, 6.07) is 0. The van der Waals surface area contributed by atoms with Crippen molar-refractivity contribution in [3.05, 3.63) is 24.8 Å². The molecule has 0 aliphatic carbocycles. The van der Waals surface area contributed by atoms with E-state index in [-0.39, 0.29) is 57.7 Å². The zero-order valence-corrected chi connectivity index (χ0v) is 17.1. The molecule has 0 heterocycles. The van der Waals surface area contributed by atoms with Crippen molar-refractivity contribution in [2.45, 2.75) is 32.6 Å². The van der Waals surface area contributed by atoms with Crippen LogP contribution in [0, 0.1) is 0 Å². The highest BCUT2D eigenvalue weighted by Crippen LogP contribution is 1.95. The molecule has 31 heavy (non-hydrogen) atoms. The molecule has 0 amide bonds. The number of carboxylic acid groups (broad SMARTS) is 2. The number of esters is 4. The summed E-state index contributed by atoms with van der Waals surface area (Å²) < 4.78 is 18.4. The zero-order chi connectivity index (χ0) is 24.2. The number of carbonyl (C=O) groups is 6. The van der Waals surface area contributed by atoms with Gasteiger partial charge in [0.1, 0.15) is 26.4 Å². The predicted molar refractivity (Wildman–Crippen MR) is 103 cm³/mol. The van der Waals surface area contributed by atoms with E-state index in [0.29, 0.717) is 0 Å². The van der Waals surface area contributed by atoms with E-state index >= 15 is 0 Å². The second-order valence-electron chi connectivity index (χ2n) is 5.52. The Balaban J connectivity index is 0. The van der Waals surface area contributed by atoms with Crippen molar-refractivity contribution in [3.8, 4) is 0 Å². The lowest BCUT2D eigenvalue weighted by molar-refractivity contribution is -0.151. The van der Waals surface area contributed by atoms with Crippen LogP contribution in [0.4, 0.5) is 0 Å². The van der Waals surface area contributed by atoms with Crippen LogP contribution in [0.25, 0.3) is 0 Å². The fourth-order valence-corrected chi connectivity index (χ4v) is 1.33. The number of aliphatic carboxylic acids is 2. The van der Waals surface area contributed by atoms with Crippen molar-refractivity contribution in [2.75, 3.05) is 26.4 Å². The van der Waals surface area contributed by atoms with Gasteiger partial charge in [-0.05, 0) is 6.92 Å². The first kappa shape index (κ1) is 29.5. The summed E-state index contributed by atoms with van der Waals surface area (Å²) in [5, 5.41) is 16.5. The van der Waals surface area contributed by atoms with Crippen molar-refractivity contribution in [1.82, 2.24) is 0 Å². The molecule has 0 bridgehead atoms. The molecule has 0 saturated heterocycles. The van der Waals surface area contributed by atoms with Gasteiger partial charge in [-0.25, -0.2) is 9.59 Å². The second-order valence-corrected chi connectivity index (χ2v) is 5.52. The molecule has 0 aliphatic heterocycles. The lowest BCUT2D eigenvalue weighted by Crippen LogP contribution is -2.14. The molecule has 0 fully saturated rings. The van der Waals surface area contributed by atoms with Crippen molar-refractivity contribution >= 4 is 35.8 Å². The number of hydrogen-bond acceptors (Lipinski definition) is 10. The summed E-state index contributed by atoms with van der Waals surface area (Å²) in [6.45, 7) is 7.75. The molecule has 0 saturated carbocycles. The van der Waals surface area contributed by atoms with E-state index in [9.17, 15) is 28.8 Å². The van der Waals surface area contributed by atoms with Gasteiger partial charge in [-0.1, -0.05) is 13.2 Å². The number of carbonyl (C=O) groups excluding carboxylic acids is 4. The van der Waals surface area contributed by atoms with Gasteiger partial charge in [-0.3, -0.25) is 19.2 Å². The van der Waals surface area contributed by atoms with Crippen LogP contribution in [0.5, 0.6) is 0 Å². The Morgan fingerprint density at radius 2 is 1.10 bits per heavy atom. The third-order valence-corrected chi connectivity index (χ3v) is 2.77. The Bertz CT molecular complexity index is 665. The van der Waals surface area contributed by atoms with Crippen LogP contribution in [0.2, 0.25) is 0 Å². The van der Waals surface area contributed by atoms with E-state index in [1.165, 1.54) is 6.92 Å². The van der Waals surface area contributed by atoms with Gasteiger partial charge >= 0.3 is 35.8 Å². The first-order valence-electron chi connectivity index (χ1n) is 8.86. The lowest BCUT2D eigenvalue weighted by atomic mass is 10.3.